The lowest BCUT2D eigenvalue weighted by Gasteiger charge is -2.56. The molecule has 1 aromatic carbocycles. The van der Waals surface area contributed by atoms with Gasteiger partial charge in [0.1, 0.15) is 5.60 Å². The summed E-state index contributed by atoms with van der Waals surface area (Å²) in [5.41, 5.74) is -1.18. The molecule has 138 valence electrons. The summed E-state index contributed by atoms with van der Waals surface area (Å²) in [4.78, 5) is 26.0. The van der Waals surface area contributed by atoms with Crippen molar-refractivity contribution in [2.24, 2.45) is 17.8 Å². The van der Waals surface area contributed by atoms with E-state index in [2.05, 4.69) is 15.9 Å². The molecule has 0 aliphatic heterocycles. The Balaban J connectivity index is 1.41. The Kier molecular flexibility index (Phi) is 3.68. The van der Waals surface area contributed by atoms with Crippen molar-refractivity contribution < 1.29 is 19.4 Å². The molecule has 1 N–H and O–H groups in total. The van der Waals surface area contributed by atoms with Crippen LogP contribution < -0.4 is 0 Å². The second kappa shape index (κ2) is 5.65. The van der Waals surface area contributed by atoms with E-state index in [9.17, 15) is 14.7 Å². The van der Waals surface area contributed by atoms with Gasteiger partial charge in [-0.15, -0.1) is 0 Å². The Morgan fingerprint density at radius 2 is 1.73 bits per heavy atom. The third-order valence-electron chi connectivity index (χ3n) is 7.08. The molecule has 0 heterocycles. The molecule has 6 rings (SSSR count). The molecule has 0 saturated heterocycles. The summed E-state index contributed by atoms with van der Waals surface area (Å²) in [6, 6.07) is 5.45. The van der Waals surface area contributed by atoms with E-state index in [0.29, 0.717) is 29.7 Å². The van der Waals surface area contributed by atoms with Crippen LogP contribution in [0.3, 0.4) is 0 Å². The number of aryl methyl sites for hydroxylation is 1. The molecule has 1 unspecified atom stereocenters. The molecule has 4 fully saturated rings. The highest BCUT2D eigenvalue weighted by Crippen LogP contribution is 2.57. The van der Waals surface area contributed by atoms with Gasteiger partial charge in [0.05, 0.1) is 0 Å². The topological polar surface area (TPSA) is 63.6 Å². The van der Waals surface area contributed by atoms with Gasteiger partial charge in [-0.25, -0.2) is 4.79 Å². The van der Waals surface area contributed by atoms with Gasteiger partial charge in [0.25, 0.3) is 0 Å². The van der Waals surface area contributed by atoms with E-state index in [0.717, 1.165) is 29.3 Å². The van der Waals surface area contributed by atoms with Gasteiger partial charge in [0.15, 0.2) is 0 Å². The van der Waals surface area contributed by atoms with Gasteiger partial charge in [-0.1, -0.05) is 22.0 Å². The maximum absolute atomic E-state index is 13.0. The minimum Gasteiger partial charge on any atom is -0.457 e. The van der Waals surface area contributed by atoms with Gasteiger partial charge >= 0.3 is 5.97 Å². The molecule has 0 spiro atoms. The average molecular weight is 419 g/mol. The number of carbonyl (C=O) groups excluding carboxylic acids is 2. The van der Waals surface area contributed by atoms with Crippen molar-refractivity contribution in [3.63, 3.8) is 0 Å². The lowest BCUT2D eigenvalue weighted by molar-refractivity contribution is -0.200. The van der Waals surface area contributed by atoms with Crippen LogP contribution in [0.4, 0.5) is 0 Å². The normalized spacial score (nSPS) is 40.4. The summed E-state index contributed by atoms with van der Waals surface area (Å²) in [6.45, 7) is 0. The Bertz CT molecular complexity index is 766. The fraction of sp³-hybridized carbons (Fsp3) is 0.619. The Morgan fingerprint density at radius 1 is 1.12 bits per heavy atom. The van der Waals surface area contributed by atoms with E-state index >= 15 is 0 Å². The van der Waals surface area contributed by atoms with Crippen LogP contribution in [-0.2, 0) is 16.0 Å². The van der Waals surface area contributed by atoms with Crippen molar-refractivity contribution in [3.05, 3.63) is 33.8 Å². The fourth-order valence-electron chi connectivity index (χ4n) is 6.26. The Morgan fingerprint density at radius 3 is 2.35 bits per heavy atom. The van der Waals surface area contributed by atoms with Gasteiger partial charge in [-0.3, -0.25) is 4.79 Å². The molecule has 5 heteroatoms. The van der Waals surface area contributed by atoms with Crippen molar-refractivity contribution >= 4 is 27.7 Å². The lowest BCUT2D eigenvalue weighted by atomic mass is 9.54. The number of ether oxygens (including phenoxy) is 1. The highest BCUT2D eigenvalue weighted by molar-refractivity contribution is 9.10. The number of Topliss-reactive ketones (excluding diaryl/α,β-unsaturated/α-hetero) is 1. The second-order valence-electron chi connectivity index (χ2n) is 8.98. The van der Waals surface area contributed by atoms with Crippen LogP contribution in [0.2, 0.25) is 0 Å². The van der Waals surface area contributed by atoms with Crippen LogP contribution in [0.15, 0.2) is 22.7 Å². The van der Waals surface area contributed by atoms with Crippen molar-refractivity contribution in [3.8, 4) is 0 Å². The van der Waals surface area contributed by atoms with Gasteiger partial charge < -0.3 is 9.84 Å². The zero-order valence-corrected chi connectivity index (χ0v) is 16.3. The zero-order chi connectivity index (χ0) is 18.1. The number of hydrogen-bond acceptors (Lipinski definition) is 4. The van der Waals surface area contributed by atoms with Crippen LogP contribution in [0, 0.1) is 17.8 Å². The van der Waals surface area contributed by atoms with Gasteiger partial charge in [0, 0.05) is 10.0 Å². The predicted molar refractivity (Wildman–Crippen MR) is 98.7 cm³/mol. The summed E-state index contributed by atoms with van der Waals surface area (Å²) in [6.07, 6.45) is 7.06. The zero-order valence-electron chi connectivity index (χ0n) is 14.7. The first kappa shape index (κ1) is 16.9. The first-order chi connectivity index (χ1) is 12.4. The van der Waals surface area contributed by atoms with Crippen LogP contribution in [0.5, 0.6) is 0 Å². The first-order valence-corrected chi connectivity index (χ1v) is 10.5. The molecule has 26 heavy (non-hydrogen) atoms. The maximum atomic E-state index is 13.0. The summed E-state index contributed by atoms with van der Waals surface area (Å²) < 4.78 is 6.75. The number of esters is 1. The Hall–Kier alpha value is -1.20. The summed E-state index contributed by atoms with van der Waals surface area (Å²) >= 11 is 3.37. The third kappa shape index (κ3) is 2.50. The molecule has 5 aliphatic rings. The van der Waals surface area contributed by atoms with Crippen LogP contribution in [0.1, 0.15) is 60.9 Å². The first-order valence-electron chi connectivity index (χ1n) is 9.66. The molecule has 0 aromatic heterocycles. The second-order valence-corrected chi connectivity index (χ2v) is 9.90. The largest absolute Gasteiger partial charge is 0.457 e. The quantitative estimate of drug-likeness (QED) is 0.585. The van der Waals surface area contributed by atoms with Crippen molar-refractivity contribution in [2.45, 2.75) is 62.6 Å². The fourth-order valence-corrected chi connectivity index (χ4v) is 6.62. The van der Waals surface area contributed by atoms with Gasteiger partial charge in [0.2, 0.25) is 11.4 Å². The number of ketones is 1. The summed E-state index contributed by atoms with van der Waals surface area (Å²) in [5.74, 6) is 0.678. The van der Waals surface area contributed by atoms with Crippen LogP contribution >= 0.6 is 15.9 Å². The lowest BCUT2D eigenvalue weighted by Crippen LogP contribution is -2.58. The van der Waals surface area contributed by atoms with E-state index < -0.39 is 23.0 Å². The van der Waals surface area contributed by atoms with E-state index in [4.69, 9.17) is 4.74 Å². The maximum Gasteiger partial charge on any atom is 0.346 e. The van der Waals surface area contributed by atoms with Crippen molar-refractivity contribution in [1.82, 2.24) is 0 Å². The molecular formula is C21H23BrO4. The number of aliphatic hydroxyl groups is 1. The molecular weight excluding hydrogens is 396 g/mol. The SMILES string of the molecule is O=C(OC12CC3CC(CC(C3)C1)C2)C1(O)CCc2ccc(Br)cc2C1=O. The van der Waals surface area contributed by atoms with Crippen molar-refractivity contribution in [1.29, 1.82) is 0 Å². The number of fused-ring (bicyclic) bond motifs is 1. The minimum absolute atomic E-state index is 0.103. The molecule has 4 bridgehead atoms. The molecule has 1 atom stereocenters. The monoisotopic (exact) mass is 418 g/mol. The number of carbonyl (C=O) groups is 2. The van der Waals surface area contributed by atoms with Gasteiger partial charge in [-0.05, 0) is 86.8 Å². The predicted octanol–water partition coefficient (Wildman–Crippen LogP) is 3.82. The summed E-state index contributed by atoms with van der Waals surface area (Å²) in [5, 5.41) is 11.0. The Labute approximate surface area is 161 Å². The molecule has 0 radical (unpaired) electrons. The molecule has 4 saturated carbocycles. The van der Waals surface area contributed by atoms with Crippen LogP contribution in [0.25, 0.3) is 0 Å². The van der Waals surface area contributed by atoms with Crippen molar-refractivity contribution in [2.75, 3.05) is 0 Å². The smallest absolute Gasteiger partial charge is 0.346 e. The summed E-state index contributed by atoms with van der Waals surface area (Å²) in [7, 11) is 0. The van der Waals surface area contributed by atoms with E-state index in [1.807, 2.05) is 12.1 Å². The molecule has 0 amide bonds. The van der Waals surface area contributed by atoms with Crippen LogP contribution in [-0.4, -0.2) is 28.1 Å². The number of hydrogen-bond donors (Lipinski definition) is 1. The highest BCUT2D eigenvalue weighted by atomic mass is 79.9. The van der Waals surface area contributed by atoms with E-state index in [1.165, 1.54) is 19.3 Å². The number of rotatable bonds is 2. The molecule has 1 aromatic rings. The highest BCUT2D eigenvalue weighted by Gasteiger charge is 2.56. The van der Waals surface area contributed by atoms with Gasteiger partial charge in [-0.2, -0.15) is 0 Å². The number of halogens is 1. The minimum atomic E-state index is -2.04. The van der Waals surface area contributed by atoms with E-state index in [1.54, 1.807) is 6.07 Å². The average Bonchev–Trinajstić information content (AvgIpc) is 2.57. The van der Waals surface area contributed by atoms with E-state index in [-0.39, 0.29) is 6.42 Å². The molecule has 4 nitrogen and oxygen atoms in total. The number of benzene rings is 1. The molecule has 5 aliphatic carbocycles. The third-order valence-corrected chi connectivity index (χ3v) is 7.57. The standard InChI is InChI=1S/C21H23BrO4/c22-16-2-1-15-3-4-21(25,18(23)17(15)8-16)19(24)26-20-9-12-5-13(10-20)7-14(6-12)11-20/h1-2,8,12-14,25H,3-7,9-11H2.